The van der Waals surface area contributed by atoms with E-state index in [0.717, 1.165) is 0 Å². The molecule has 0 saturated carbocycles. The zero-order valence-corrected chi connectivity index (χ0v) is 5.74. The minimum Gasteiger partial charge on any atom is -0.208 e. The molecule has 0 aliphatic carbocycles. The quantitative estimate of drug-likeness (QED) is 0.469. The highest BCUT2D eigenvalue weighted by Gasteiger charge is 1.94. The molecule has 0 aliphatic heterocycles. The second-order valence-electron chi connectivity index (χ2n) is 1.89. The maximum absolute atomic E-state index is 12.4. The average Bonchev–Trinajstić information content (AvgIpc) is 1.80. The fourth-order valence-corrected chi connectivity index (χ4v) is 0.835. The number of rotatable bonds is 0. The van der Waals surface area contributed by atoms with Crippen LogP contribution in [0.2, 0.25) is 5.02 Å². The van der Waals surface area contributed by atoms with E-state index in [1.807, 2.05) is 0 Å². The average molecular weight is 142 g/mol. The molecule has 0 aliphatic rings. The predicted molar refractivity (Wildman–Crippen MR) is 39.6 cm³/mol. The summed E-state index contributed by atoms with van der Waals surface area (Å²) >= 11 is 5.55. The maximum atomic E-state index is 12.4. The van der Waals surface area contributed by atoms with Gasteiger partial charge in [0.25, 0.3) is 0 Å². The van der Waals surface area contributed by atoms with E-state index in [1.54, 1.807) is 13.9 Å². The van der Waals surface area contributed by atoms with Gasteiger partial charge in [0.15, 0.2) is 0 Å². The van der Waals surface area contributed by atoms with Crippen LogP contribution in [0.25, 0.3) is 0 Å². The van der Waals surface area contributed by atoms with Crippen molar-refractivity contribution in [1.29, 1.82) is 0 Å². The first kappa shape index (κ1) is 6.62. The van der Waals surface area contributed by atoms with E-state index < -0.39 is 0 Å². The summed E-state index contributed by atoms with van der Waals surface area (Å²) in [5.74, 6) is -0.209. The van der Waals surface area contributed by atoms with Gasteiger partial charge >= 0.3 is 0 Å². The Hall–Kier alpha value is -0.495. The van der Waals surface area contributed by atoms with Crippen LogP contribution >= 0.6 is 11.6 Å². The molecule has 0 aromatic heterocycles. The molecule has 0 heterocycles. The first-order valence-electron chi connectivity index (χ1n) is 2.62. The zero-order chi connectivity index (χ0) is 6.85. The molecule has 9 heavy (non-hydrogen) atoms. The Morgan fingerprint density at radius 1 is 1.44 bits per heavy atom. The maximum Gasteiger partial charge on any atom is 0.143 e. The van der Waals surface area contributed by atoms with E-state index in [9.17, 15) is 4.39 Å². The van der Waals surface area contributed by atoms with Crippen LogP contribution < -0.4 is 5.46 Å². The lowest BCUT2D eigenvalue weighted by molar-refractivity contribution is 0.636. The molecule has 46 valence electrons. The van der Waals surface area contributed by atoms with Crippen molar-refractivity contribution >= 4 is 24.9 Å². The second kappa shape index (κ2) is 2.40. The van der Waals surface area contributed by atoms with Gasteiger partial charge in [0.2, 0.25) is 0 Å². The van der Waals surface area contributed by atoms with Gasteiger partial charge < -0.3 is 0 Å². The lowest BCUT2D eigenvalue weighted by atomic mass is 9.96. The van der Waals surface area contributed by atoms with Gasteiger partial charge in [-0.2, -0.15) is 0 Å². The molecule has 1 aromatic rings. The number of hydrogen-bond acceptors (Lipinski definition) is 0. The first-order valence-corrected chi connectivity index (χ1v) is 2.99. The van der Waals surface area contributed by atoms with Crippen molar-refractivity contribution in [3.63, 3.8) is 0 Å². The number of benzene rings is 1. The van der Waals surface area contributed by atoms with Crippen LogP contribution in [-0.2, 0) is 0 Å². The van der Waals surface area contributed by atoms with Gasteiger partial charge in [0.05, 0.1) is 0 Å². The molecule has 1 rings (SSSR count). The smallest absolute Gasteiger partial charge is 0.143 e. The van der Waals surface area contributed by atoms with Gasteiger partial charge in [-0.05, 0) is 18.2 Å². The van der Waals surface area contributed by atoms with Crippen LogP contribution in [0, 0.1) is 5.82 Å². The lowest BCUT2D eigenvalue weighted by Crippen LogP contribution is -2.06. The topological polar surface area (TPSA) is 0 Å². The van der Waals surface area contributed by atoms with Gasteiger partial charge in [-0.1, -0.05) is 17.1 Å². The third kappa shape index (κ3) is 1.45. The first-order chi connectivity index (χ1) is 4.20. The van der Waals surface area contributed by atoms with Crippen molar-refractivity contribution in [2.24, 2.45) is 0 Å². The summed E-state index contributed by atoms with van der Waals surface area (Å²) < 4.78 is 12.4. The Morgan fingerprint density at radius 3 is 2.56 bits per heavy atom. The van der Waals surface area contributed by atoms with Crippen LogP contribution in [0.4, 0.5) is 4.39 Å². The molecule has 0 saturated heterocycles. The van der Waals surface area contributed by atoms with Gasteiger partial charge in [-0.3, -0.25) is 0 Å². The Balaban J connectivity index is 3.17. The molecule has 0 radical (unpaired) electrons. The zero-order valence-electron chi connectivity index (χ0n) is 4.99. The van der Waals surface area contributed by atoms with Crippen molar-refractivity contribution in [2.75, 3.05) is 0 Å². The van der Waals surface area contributed by atoms with Crippen LogP contribution in [0.3, 0.4) is 0 Å². The molecule has 0 unspecified atom stereocenters. The monoisotopic (exact) mass is 142 g/mol. The molecular weight excluding hydrogens is 137 g/mol. The molecule has 0 fully saturated rings. The molecular formula is C6H5BClF. The predicted octanol–water partition coefficient (Wildman–Crippen LogP) is 0.738. The summed E-state index contributed by atoms with van der Waals surface area (Å²) in [6.07, 6.45) is 0. The van der Waals surface area contributed by atoms with E-state index in [0.29, 0.717) is 10.5 Å². The largest absolute Gasteiger partial charge is 0.208 e. The number of halogens is 2. The fourth-order valence-electron chi connectivity index (χ4n) is 0.608. The van der Waals surface area contributed by atoms with E-state index in [4.69, 9.17) is 11.6 Å². The highest BCUT2D eigenvalue weighted by atomic mass is 35.5. The molecule has 1 aromatic carbocycles. The summed E-state index contributed by atoms with van der Waals surface area (Å²) in [4.78, 5) is 0. The minimum absolute atomic E-state index is 0.209. The molecule has 0 bridgehead atoms. The molecule has 0 spiro atoms. The standard InChI is InChI=1S/C6H5BClF/c7-5-3-4(8)1-2-6(5)9/h1-3H,7H2. The number of hydrogen-bond donors (Lipinski definition) is 0. The van der Waals surface area contributed by atoms with E-state index in [1.165, 1.54) is 12.1 Å². The summed E-state index contributed by atoms with van der Waals surface area (Å²) in [7, 11) is 1.68. The third-order valence-electron chi connectivity index (χ3n) is 1.12. The van der Waals surface area contributed by atoms with Crippen LogP contribution in [0.15, 0.2) is 18.2 Å². The van der Waals surface area contributed by atoms with Crippen molar-refractivity contribution in [2.45, 2.75) is 0 Å². The normalized spacial score (nSPS) is 9.56. The molecule has 0 nitrogen and oxygen atoms in total. The molecule has 0 N–H and O–H groups in total. The van der Waals surface area contributed by atoms with Crippen LogP contribution in [0.5, 0.6) is 0 Å². The summed E-state index contributed by atoms with van der Waals surface area (Å²) in [6, 6.07) is 4.48. The van der Waals surface area contributed by atoms with E-state index >= 15 is 0 Å². The van der Waals surface area contributed by atoms with E-state index in [-0.39, 0.29) is 5.82 Å². The molecule has 3 heteroatoms. The van der Waals surface area contributed by atoms with Crippen LogP contribution in [-0.4, -0.2) is 7.85 Å². The Labute approximate surface area is 59.1 Å². The lowest BCUT2D eigenvalue weighted by Gasteiger charge is -1.93. The highest BCUT2D eigenvalue weighted by molar-refractivity contribution is 6.36. The fraction of sp³-hybridized carbons (Fsp3) is 0. The third-order valence-corrected chi connectivity index (χ3v) is 1.36. The minimum atomic E-state index is -0.209. The Kier molecular flexibility index (Phi) is 1.77. The Bertz CT molecular complexity index is 224. The van der Waals surface area contributed by atoms with Gasteiger partial charge in [0.1, 0.15) is 13.7 Å². The second-order valence-corrected chi connectivity index (χ2v) is 2.33. The molecule has 0 amide bonds. The SMILES string of the molecule is Bc1cc(Cl)ccc1F. The summed E-state index contributed by atoms with van der Waals surface area (Å²) in [6.45, 7) is 0. The van der Waals surface area contributed by atoms with Gasteiger partial charge in [-0.25, -0.2) is 4.39 Å². The van der Waals surface area contributed by atoms with Gasteiger partial charge in [-0.15, -0.1) is 0 Å². The van der Waals surface area contributed by atoms with E-state index in [2.05, 4.69) is 0 Å². The summed E-state index contributed by atoms with van der Waals surface area (Å²) in [5, 5.41) is 0.578. The summed E-state index contributed by atoms with van der Waals surface area (Å²) in [5.41, 5.74) is 0.586. The van der Waals surface area contributed by atoms with Crippen molar-refractivity contribution in [3.8, 4) is 0 Å². The Morgan fingerprint density at radius 2 is 2.11 bits per heavy atom. The highest BCUT2D eigenvalue weighted by Crippen LogP contribution is 2.05. The van der Waals surface area contributed by atoms with Crippen molar-refractivity contribution in [1.82, 2.24) is 0 Å². The van der Waals surface area contributed by atoms with Crippen LogP contribution in [0.1, 0.15) is 0 Å². The van der Waals surface area contributed by atoms with Gasteiger partial charge in [0, 0.05) is 5.02 Å². The van der Waals surface area contributed by atoms with Crippen molar-refractivity contribution < 1.29 is 4.39 Å². The molecule has 0 atom stereocenters. The van der Waals surface area contributed by atoms with Crippen molar-refractivity contribution in [3.05, 3.63) is 29.0 Å².